The summed E-state index contributed by atoms with van der Waals surface area (Å²) in [6.45, 7) is 1.97. The fourth-order valence-electron chi connectivity index (χ4n) is 2.28. The maximum atomic E-state index is 12.1. The van der Waals surface area contributed by atoms with Crippen molar-refractivity contribution < 1.29 is 19.8 Å². The molecular formula is C18H29N5O4. The molecule has 8 N–H and O–H groups in total. The molecule has 1 saturated heterocycles. The van der Waals surface area contributed by atoms with Gasteiger partial charge < -0.3 is 36.4 Å². The first-order valence-corrected chi connectivity index (χ1v) is 8.72. The zero-order valence-corrected chi connectivity index (χ0v) is 15.5. The highest BCUT2D eigenvalue weighted by atomic mass is 16.3. The van der Waals surface area contributed by atoms with E-state index in [1.54, 1.807) is 12.1 Å². The van der Waals surface area contributed by atoms with E-state index in [4.69, 9.17) is 21.8 Å². The van der Waals surface area contributed by atoms with Gasteiger partial charge in [0.15, 0.2) is 0 Å². The lowest BCUT2D eigenvalue weighted by atomic mass is 10.1. The van der Waals surface area contributed by atoms with Crippen molar-refractivity contribution >= 4 is 17.9 Å². The fraction of sp³-hybridized carbons (Fsp3) is 0.444. The van der Waals surface area contributed by atoms with Gasteiger partial charge in [0.2, 0.25) is 0 Å². The number of piperidine rings is 1. The van der Waals surface area contributed by atoms with Gasteiger partial charge in [-0.2, -0.15) is 0 Å². The largest absolute Gasteiger partial charge is 0.508 e. The molecule has 0 saturated carbocycles. The third-order valence-electron chi connectivity index (χ3n) is 3.79. The Labute approximate surface area is 159 Å². The number of rotatable bonds is 6. The van der Waals surface area contributed by atoms with Crippen molar-refractivity contribution in [3.8, 4) is 5.75 Å². The average Bonchev–Trinajstić information content (AvgIpc) is 2.63. The van der Waals surface area contributed by atoms with Crippen molar-refractivity contribution in [2.75, 3.05) is 25.5 Å². The highest BCUT2D eigenvalue weighted by Crippen LogP contribution is 2.15. The van der Waals surface area contributed by atoms with Crippen molar-refractivity contribution in [2.45, 2.75) is 31.4 Å². The Hall–Kier alpha value is -2.46. The number of hydrogen-bond donors (Lipinski definition) is 6. The third-order valence-corrected chi connectivity index (χ3v) is 3.79. The van der Waals surface area contributed by atoms with Gasteiger partial charge in [-0.25, -0.2) is 5.84 Å². The summed E-state index contributed by atoms with van der Waals surface area (Å²) < 4.78 is 0. The minimum absolute atomic E-state index is 0.0266. The summed E-state index contributed by atoms with van der Waals surface area (Å²) in [5.74, 6) is 5.22. The quantitative estimate of drug-likeness (QED) is 0.129. The number of aliphatic hydroxyl groups is 1. The minimum atomic E-state index is -0.584. The highest BCUT2D eigenvalue weighted by molar-refractivity contribution is 6.03. The van der Waals surface area contributed by atoms with E-state index in [0.717, 1.165) is 30.9 Å². The van der Waals surface area contributed by atoms with Crippen LogP contribution >= 0.6 is 0 Å². The van der Waals surface area contributed by atoms with Gasteiger partial charge in [-0.3, -0.25) is 4.79 Å². The molecule has 2 rings (SSSR count). The van der Waals surface area contributed by atoms with Crippen LogP contribution < -0.4 is 22.2 Å². The number of hydrogen-bond acceptors (Lipinski definition) is 8. The summed E-state index contributed by atoms with van der Waals surface area (Å²) in [4.78, 5) is 22.5. The number of carbonyl (C=O) groups is 2. The number of phenolic OH excluding ortho intramolecular Hbond substituents is 1. The van der Waals surface area contributed by atoms with Crippen LogP contribution in [0.4, 0.5) is 5.69 Å². The number of hydrazine groups is 1. The van der Waals surface area contributed by atoms with Crippen molar-refractivity contribution in [2.24, 2.45) is 11.6 Å². The summed E-state index contributed by atoms with van der Waals surface area (Å²) >= 11 is 0. The first-order chi connectivity index (χ1) is 12.8. The van der Waals surface area contributed by atoms with Gasteiger partial charge in [0, 0.05) is 25.2 Å². The van der Waals surface area contributed by atoms with Crippen LogP contribution in [0.2, 0.25) is 0 Å². The molecule has 9 heteroatoms. The van der Waals surface area contributed by atoms with Crippen LogP contribution in [-0.4, -0.2) is 59.7 Å². The molecule has 1 heterocycles. The molecule has 0 bridgehead atoms. The number of aromatic hydroxyl groups is 1. The van der Waals surface area contributed by atoms with E-state index in [1.807, 2.05) is 0 Å². The Kier molecular flexibility index (Phi) is 10.1. The lowest BCUT2D eigenvalue weighted by Crippen LogP contribution is -2.35. The number of aldehydes is 1. The zero-order chi connectivity index (χ0) is 20.2. The lowest BCUT2D eigenvalue weighted by Gasteiger charge is -2.18. The van der Waals surface area contributed by atoms with E-state index in [9.17, 15) is 9.59 Å². The van der Waals surface area contributed by atoms with Crippen LogP contribution in [0, 0.1) is 0 Å². The second-order valence-electron chi connectivity index (χ2n) is 6.21. The highest BCUT2D eigenvalue weighted by Gasteiger charge is 2.14. The second-order valence-corrected chi connectivity index (χ2v) is 6.21. The second kappa shape index (κ2) is 12.0. The van der Waals surface area contributed by atoms with Gasteiger partial charge in [-0.05, 0) is 56.3 Å². The first-order valence-electron chi connectivity index (χ1n) is 8.72. The van der Waals surface area contributed by atoms with Crippen LogP contribution in [0.15, 0.2) is 36.0 Å². The summed E-state index contributed by atoms with van der Waals surface area (Å²) in [5, 5.41) is 24.9. The summed E-state index contributed by atoms with van der Waals surface area (Å²) in [5.41, 5.74) is 6.32. The molecule has 1 atom stereocenters. The van der Waals surface area contributed by atoms with Crippen LogP contribution in [0.25, 0.3) is 0 Å². The Morgan fingerprint density at radius 1 is 1.37 bits per heavy atom. The van der Waals surface area contributed by atoms with E-state index < -0.39 is 11.9 Å². The Morgan fingerprint density at radius 2 is 1.96 bits per heavy atom. The van der Waals surface area contributed by atoms with Crippen molar-refractivity contribution in [3.05, 3.63) is 36.0 Å². The number of nitrogens with one attached hydrogen (secondary N) is 2. The number of anilines is 1. The molecule has 0 aromatic heterocycles. The van der Waals surface area contributed by atoms with Crippen LogP contribution in [0.3, 0.4) is 0 Å². The summed E-state index contributed by atoms with van der Waals surface area (Å²) in [6, 6.07) is 5.41. The number of phenols is 1. The van der Waals surface area contributed by atoms with Gasteiger partial charge in [0.25, 0.3) is 5.91 Å². The van der Waals surface area contributed by atoms with Gasteiger partial charge in [-0.1, -0.05) is 0 Å². The monoisotopic (exact) mass is 379 g/mol. The maximum absolute atomic E-state index is 12.1. The van der Waals surface area contributed by atoms with E-state index in [-0.39, 0.29) is 24.0 Å². The smallest absolute Gasteiger partial charge is 0.273 e. The number of carbonyl (C=O) groups excluding carboxylic acids is 2. The number of aliphatic hydroxyl groups excluding tert-OH is 1. The normalized spacial score (nSPS) is 15.9. The lowest BCUT2D eigenvalue weighted by molar-refractivity contribution is -0.114. The molecule has 1 amide bonds. The molecule has 150 valence electrons. The summed E-state index contributed by atoms with van der Waals surface area (Å²) in [7, 11) is 1.50. The molecule has 1 fully saturated rings. The fourth-order valence-corrected chi connectivity index (χ4v) is 2.28. The van der Waals surface area contributed by atoms with Gasteiger partial charge in [0.05, 0.1) is 6.10 Å². The molecule has 1 aliphatic rings. The number of nitrogens with two attached hydrogens (primary N) is 2. The molecular weight excluding hydrogens is 350 g/mol. The van der Waals surface area contributed by atoms with E-state index in [1.165, 1.54) is 25.3 Å². The standard InChI is InChI=1S/C13H18N4O3.C5H11NO/c1-17(15)12(8-9(14)6-7-18)13(20)16-10-2-4-11(19)5-3-10;7-5-1-3-6-4-2-5/h2-5,7-9,19H,6,14-15H2,1H3,(H,16,20);5-7H,1-4H2/b12-8-;. The van der Waals surface area contributed by atoms with Crippen LogP contribution in [0.1, 0.15) is 19.3 Å². The number of likely N-dealkylation sites (N-methyl/N-ethyl adjacent to an activating group) is 1. The van der Waals surface area contributed by atoms with Gasteiger partial charge in [0.1, 0.15) is 17.7 Å². The van der Waals surface area contributed by atoms with Crippen molar-refractivity contribution in [3.63, 3.8) is 0 Å². The SMILES string of the molecule is CN(N)/C(=C\C(N)CC=O)C(=O)Nc1ccc(O)cc1.OC1CCNCC1. The van der Waals surface area contributed by atoms with E-state index in [0.29, 0.717) is 12.0 Å². The molecule has 0 aliphatic carbocycles. The molecule has 27 heavy (non-hydrogen) atoms. The number of benzene rings is 1. The summed E-state index contributed by atoms with van der Waals surface area (Å²) in [6.07, 6.45) is 4.03. The van der Waals surface area contributed by atoms with Crippen LogP contribution in [0.5, 0.6) is 5.75 Å². The van der Waals surface area contributed by atoms with Gasteiger partial charge in [-0.15, -0.1) is 0 Å². The topological polar surface area (TPSA) is 154 Å². The molecule has 1 aliphatic heterocycles. The Bertz CT molecular complexity index is 613. The number of nitrogens with zero attached hydrogens (tertiary/aromatic N) is 1. The molecule has 0 radical (unpaired) electrons. The Balaban J connectivity index is 0.000000433. The first kappa shape index (κ1) is 22.6. The zero-order valence-electron chi connectivity index (χ0n) is 15.5. The van der Waals surface area contributed by atoms with Gasteiger partial charge >= 0.3 is 0 Å². The van der Waals surface area contributed by atoms with Crippen LogP contribution in [-0.2, 0) is 9.59 Å². The molecule has 1 aromatic carbocycles. The third kappa shape index (κ3) is 9.15. The molecule has 1 aromatic rings. The predicted molar refractivity (Wildman–Crippen MR) is 104 cm³/mol. The molecule has 9 nitrogen and oxygen atoms in total. The average molecular weight is 379 g/mol. The molecule has 1 unspecified atom stereocenters. The van der Waals surface area contributed by atoms with Crippen molar-refractivity contribution in [1.82, 2.24) is 10.3 Å². The number of amides is 1. The maximum Gasteiger partial charge on any atom is 0.273 e. The Morgan fingerprint density at radius 3 is 2.41 bits per heavy atom. The van der Waals surface area contributed by atoms with Crippen molar-refractivity contribution in [1.29, 1.82) is 0 Å². The van der Waals surface area contributed by atoms with E-state index >= 15 is 0 Å². The molecule has 0 spiro atoms. The predicted octanol–water partition coefficient (Wildman–Crippen LogP) is -0.333. The van der Waals surface area contributed by atoms with E-state index in [2.05, 4.69) is 10.6 Å². The minimum Gasteiger partial charge on any atom is -0.508 e.